The van der Waals surface area contributed by atoms with Crippen molar-refractivity contribution in [2.75, 3.05) is 12.1 Å². The largest absolute Gasteiger partial charge is 0.454 e. The number of benzene rings is 1. The number of aromatic nitrogens is 3. The standard InChI is InChI=1S/C14H12N4O2/c1-2-11-12(20-9-19-11)7-10(1)8-15-13-4-6-18-14(17-13)3-5-16-18/h1-7H,8-9H2,(H,15,17). The molecule has 1 aliphatic rings. The Balaban J connectivity index is 1.52. The van der Waals surface area contributed by atoms with Crippen molar-refractivity contribution in [2.45, 2.75) is 6.54 Å². The van der Waals surface area contributed by atoms with E-state index in [2.05, 4.69) is 15.4 Å². The number of hydrogen-bond donors (Lipinski definition) is 1. The van der Waals surface area contributed by atoms with E-state index in [1.807, 2.05) is 36.5 Å². The van der Waals surface area contributed by atoms with Crippen LogP contribution in [0.25, 0.3) is 5.65 Å². The highest BCUT2D eigenvalue weighted by Gasteiger charge is 2.12. The monoisotopic (exact) mass is 268 g/mol. The second-order valence-electron chi connectivity index (χ2n) is 4.49. The Morgan fingerprint density at radius 1 is 1.15 bits per heavy atom. The van der Waals surface area contributed by atoms with Crippen LogP contribution in [0.4, 0.5) is 5.82 Å². The third-order valence-electron chi connectivity index (χ3n) is 3.17. The average molecular weight is 268 g/mol. The average Bonchev–Trinajstić information content (AvgIpc) is 3.12. The lowest BCUT2D eigenvalue weighted by Crippen LogP contribution is -2.02. The smallest absolute Gasteiger partial charge is 0.231 e. The highest BCUT2D eigenvalue weighted by molar-refractivity contribution is 5.48. The topological polar surface area (TPSA) is 60.7 Å². The van der Waals surface area contributed by atoms with Crippen molar-refractivity contribution in [2.24, 2.45) is 0 Å². The van der Waals surface area contributed by atoms with Gasteiger partial charge in [0.15, 0.2) is 17.1 Å². The second-order valence-corrected chi connectivity index (χ2v) is 4.49. The lowest BCUT2D eigenvalue weighted by molar-refractivity contribution is 0.174. The second kappa shape index (κ2) is 4.41. The minimum absolute atomic E-state index is 0.297. The lowest BCUT2D eigenvalue weighted by atomic mass is 10.2. The van der Waals surface area contributed by atoms with E-state index < -0.39 is 0 Å². The minimum Gasteiger partial charge on any atom is -0.454 e. The summed E-state index contributed by atoms with van der Waals surface area (Å²) in [4.78, 5) is 4.46. The van der Waals surface area contributed by atoms with Gasteiger partial charge in [0.05, 0.1) is 6.20 Å². The first kappa shape index (κ1) is 11.1. The summed E-state index contributed by atoms with van der Waals surface area (Å²) < 4.78 is 12.4. The van der Waals surface area contributed by atoms with E-state index in [1.54, 1.807) is 10.7 Å². The van der Waals surface area contributed by atoms with Crippen LogP contribution in [0.1, 0.15) is 5.56 Å². The van der Waals surface area contributed by atoms with Gasteiger partial charge >= 0.3 is 0 Å². The fourth-order valence-electron chi connectivity index (χ4n) is 2.15. The SMILES string of the molecule is c1cc2nc(NCc3ccc4c(c3)OCO4)ccn2n1. The van der Waals surface area contributed by atoms with Gasteiger partial charge in [0.1, 0.15) is 5.82 Å². The molecule has 3 aromatic rings. The molecule has 0 amide bonds. The van der Waals surface area contributed by atoms with Crippen LogP contribution in [0.5, 0.6) is 11.5 Å². The summed E-state index contributed by atoms with van der Waals surface area (Å²) in [5.41, 5.74) is 1.94. The van der Waals surface area contributed by atoms with Crippen molar-refractivity contribution in [3.8, 4) is 11.5 Å². The maximum Gasteiger partial charge on any atom is 0.231 e. The third kappa shape index (κ3) is 1.91. The van der Waals surface area contributed by atoms with Crippen LogP contribution in [-0.4, -0.2) is 21.4 Å². The van der Waals surface area contributed by atoms with Gasteiger partial charge in [0, 0.05) is 18.8 Å². The van der Waals surface area contributed by atoms with Gasteiger partial charge in [-0.05, 0) is 23.8 Å². The first-order valence-electron chi connectivity index (χ1n) is 6.31. The molecule has 20 heavy (non-hydrogen) atoms. The summed E-state index contributed by atoms with van der Waals surface area (Å²) in [6, 6.07) is 9.68. The Labute approximate surface area is 115 Å². The van der Waals surface area contributed by atoms with Crippen molar-refractivity contribution in [1.82, 2.24) is 14.6 Å². The summed E-state index contributed by atoms with van der Waals surface area (Å²) in [5.74, 6) is 2.41. The summed E-state index contributed by atoms with van der Waals surface area (Å²) >= 11 is 0. The Bertz CT molecular complexity index is 769. The maximum absolute atomic E-state index is 5.36. The summed E-state index contributed by atoms with van der Waals surface area (Å²) in [6.45, 7) is 0.972. The summed E-state index contributed by atoms with van der Waals surface area (Å²) in [6.07, 6.45) is 3.61. The van der Waals surface area contributed by atoms with Crippen molar-refractivity contribution in [3.63, 3.8) is 0 Å². The predicted molar refractivity (Wildman–Crippen MR) is 72.9 cm³/mol. The van der Waals surface area contributed by atoms with Gasteiger partial charge in [0.25, 0.3) is 0 Å². The normalized spacial score (nSPS) is 12.8. The van der Waals surface area contributed by atoms with Gasteiger partial charge in [0.2, 0.25) is 6.79 Å². The number of nitrogens with one attached hydrogen (secondary N) is 1. The fourth-order valence-corrected chi connectivity index (χ4v) is 2.15. The van der Waals surface area contributed by atoms with Gasteiger partial charge in [-0.3, -0.25) is 0 Å². The predicted octanol–water partition coefficient (Wildman–Crippen LogP) is 2.07. The molecule has 0 saturated heterocycles. The summed E-state index contributed by atoms with van der Waals surface area (Å²) in [7, 11) is 0. The van der Waals surface area contributed by atoms with Gasteiger partial charge in [-0.25, -0.2) is 9.50 Å². The third-order valence-corrected chi connectivity index (χ3v) is 3.17. The highest BCUT2D eigenvalue weighted by Crippen LogP contribution is 2.32. The van der Waals surface area contributed by atoms with Crippen LogP contribution >= 0.6 is 0 Å². The molecule has 100 valence electrons. The molecule has 0 bridgehead atoms. The van der Waals surface area contributed by atoms with Crippen LogP contribution < -0.4 is 14.8 Å². The van der Waals surface area contributed by atoms with Crippen LogP contribution in [-0.2, 0) is 6.54 Å². The van der Waals surface area contributed by atoms with Gasteiger partial charge in [-0.2, -0.15) is 5.10 Å². The maximum atomic E-state index is 5.36. The number of rotatable bonds is 3. The molecule has 0 radical (unpaired) electrons. The molecule has 2 aromatic heterocycles. The molecule has 6 heteroatoms. The molecule has 1 N–H and O–H groups in total. The van der Waals surface area contributed by atoms with E-state index in [4.69, 9.17) is 9.47 Å². The van der Waals surface area contributed by atoms with E-state index in [-0.39, 0.29) is 0 Å². The molecule has 0 atom stereocenters. The fraction of sp³-hybridized carbons (Fsp3) is 0.143. The first-order valence-corrected chi connectivity index (χ1v) is 6.31. The molecule has 0 saturated carbocycles. The van der Waals surface area contributed by atoms with Gasteiger partial charge in [-0.1, -0.05) is 6.07 Å². The molecular weight excluding hydrogens is 256 g/mol. The van der Waals surface area contributed by atoms with Gasteiger partial charge < -0.3 is 14.8 Å². The number of hydrogen-bond acceptors (Lipinski definition) is 5. The van der Waals surface area contributed by atoms with Crippen LogP contribution in [0.15, 0.2) is 42.7 Å². The molecule has 0 fully saturated rings. The molecule has 4 rings (SSSR count). The first-order chi connectivity index (χ1) is 9.88. The van der Waals surface area contributed by atoms with E-state index in [9.17, 15) is 0 Å². The van der Waals surface area contributed by atoms with E-state index in [1.165, 1.54) is 0 Å². The van der Waals surface area contributed by atoms with E-state index in [0.717, 1.165) is 28.5 Å². The minimum atomic E-state index is 0.297. The Hall–Kier alpha value is -2.76. The van der Waals surface area contributed by atoms with Crippen LogP contribution in [0.2, 0.25) is 0 Å². The number of ether oxygens (including phenoxy) is 2. The Morgan fingerprint density at radius 3 is 3.10 bits per heavy atom. The van der Waals surface area contributed by atoms with Crippen molar-refractivity contribution in [1.29, 1.82) is 0 Å². The van der Waals surface area contributed by atoms with E-state index in [0.29, 0.717) is 13.3 Å². The highest BCUT2D eigenvalue weighted by atomic mass is 16.7. The molecular formula is C14H12N4O2. The Kier molecular flexibility index (Phi) is 2.45. The molecule has 0 spiro atoms. The molecule has 6 nitrogen and oxygen atoms in total. The number of fused-ring (bicyclic) bond motifs is 2. The lowest BCUT2D eigenvalue weighted by Gasteiger charge is -2.06. The molecule has 3 heterocycles. The quantitative estimate of drug-likeness (QED) is 0.788. The van der Waals surface area contributed by atoms with Crippen LogP contribution in [0.3, 0.4) is 0 Å². The zero-order chi connectivity index (χ0) is 13.4. The molecule has 0 unspecified atom stereocenters. The Morgan fingerprint density at radius 2 is 2.10 bits per heavy atom. The molecule has 1 aromatic carbocycles. The zero-order valence-corrected chi connectivity index (χ0v) is 10.6. The van der Waals surface area contributed by atoms with Crippen molar-refractivity contribution in [3.05, 3.63) is 48.3 Å². The van der Waals surface area contributed by atoms with E-state index >= 15 is 0 Å². The number of nitrogens with zero attached hydrogens (tertiary/aromatic N) is 3. The molecule has 1 aliphatic heterocycles. The zero-order valence-electron chi connectivity index (χ0n) is 10.6. The van der Waals surface area contributed by atoms with Crippen LogP contribution in [0, 0.1) is 0 Å². The number of anilines is 1. The van der Waals surface area contributed by atoms with Crippen molar-refractivity contribution < 1.29 is 9.47 Å². The summed E-state index contributed by atoms with van der Waals surface area (Å²) in [5, 5.41) is 7.40. The molecule has 0 aliphatic carbocycles. The van der Waals surface area contributed by atoms with Crippen molar-refractivity contribution >= 4 is 11.5 Å². The van der Waals surface area contributed by atoms with Gasteiger partial charge in [-0.15, -0.1) is 0 Å².